The fourth-order valence-electron chi connectivity index (χ4n) is 3.59. The minimum Gasteiger partial charge on any atom is -0.461 e. The predicted molar refractivity (Wildman–Crippen MR) is 121 cm³/mol. The van der Waals surface area contributed by atoms with Crippen molar-refractivity contribution < 1.29 is 19.1 Å². The molecule has 2 aromatic carbocycles. The second-order valence-electron chi connectivity index (χ2n) is 7.07. The maximum atomic E-state index is 12.0. The van der Waals surface area contributed by atoms with E-state index in [1.165, 1.54) is 0 Å². The van der Waals surface area contributed by atoms with Gasteiger partial charge in [-0.05, 0) is 67.8 Å². The lowest BCUT2D eigenvalue weighted by Crippen LogP contribution is -2.04. The van der Waals surface area contributed by atoms with Crippen LogP contribution in [0.5, 0.6) is 0 Å². The lowest BCUT2D eigenvalue weighted by atomic mass is 10.0. The molecule has 4 rings (SSSR count). The minimum absolute atomic E-state index is 0.299. The summed E-state index contributed by atoms with van der Waals surface area (Å²) in [6, 6.07) is 11.1. The Balaban J connectivity index is 1.66. The summed E-state index contributed by atoms with van der Waals surface area (Å²) >= 11 is 12.9. The summed E-state index contributed by atoms with van der Waals surface area (Å²) in [5.41, 5.74) is 4.02. The van der Waals surface area contributed by atoms with Crippen molar-refractivity contribution in [3.63, 3.8) is 0 Å². The number of aromatic amines is 2. The average Bonchev–Trinajstić information content (AvgIpc) is 3.33. The molecule has 0 fully saturated rings. The smallest absolute Gasteiger partial charge is 0.354 e. The Kier molecular flexibility index (Phi) is 5.94. The molecule has 0 amide bonds. The summed E-state index contributed by atoms with van der Waals surface area (Å²) in [5, 5.41) is 2.68. The van der Waals surface area contributed by atoms with Crippen LogP contribution in [-0.4, -0.2) is 35.1 Å². The van der Waals surface area contributed by atoms with Crippen molar-refractivity contribution >= 4 is 56.9 Å². The van der Waals surface area contributed by atoms with Crippen molar-refractivity contribution in [3.05, 3.63) is 69.0 Å². The second kappa shape index (κ2) is 8.65. The van der Waals surface area contributed by atoms with Crippen LogP contribution in [-0.2, 0) is 15.9 Å². The fourth-order valence-corrected chi connectivity index (χ4v) is 4.19. The van der Waals surface area contributed by atoms with Crippen molar-refractivity contribution in [2.75, 3.05) is 13.2 Å². The van der Waals surface area contributed by atoms with E-state index < -0.39 is 11.9 Å². The molecule has 2 aromatic heterocycles. The van der Waals surface area contributed by atoms with E-state index in [0.717, 1.165) is 21.9 Å². The number of rotatable bonds is 6. The molecule has 0 aliphatic carbocycles. The largest absolute Gasteiger partial charge is 0.461 e. The molecule has 6 nitrogen and oxygen atoms in total. The average molecular weight is 459 g/mol. The molecule has 0 aliphatic rings. The van der Waals surface area contributed by atoms with Gasteiger partial charge in [-0.1, -0.05) is 23.2 Å². The van der Waals surface area contributed by atoms with Crippen molar-refractivity contribution in [2.24, 2.45) is 0 Å². The number of ether oxygens (including phenoxy) is 2. The van der Waals surface area contributed by atoms with E-state index in [1.807, 2.05) is 24.3 Å². The van der Waals surface area contributed by atoms with E-state index in [0.29, 0.717) is 52.1 Å². The highest BCUT2D eigenvalue weighted by Crippen LogP contribution is 2.30. The summed E-state index contributed by atoms with van der Waals surface area (Å²) in [5.74, 6) is -0.836. The quantitative estimate of drug-likeness (QED) is 0.352. The Morgan fingerprint density at radius 3 is 1.55 bits per heavy atom. The molecular formula is C23H20Cl2N2O4. The SMILES string of the molecule is CCOC(=O)c1cc2cc(Cc3cc(Cl)c4[nH]c(C(=O)OCC)cc4c3)cc(Cl)c2[nH]1. The molecular weight excluding hydrogens is 439 g/mol. The highest BCUT2D eigenvalue weighted by atomic mass is 35.5. The topological polar surface area (TPSA) is 84.2 Å². The Morgan fingerprint density at radius 1 is 0.742 bits per heavy atom. The number of esters is 2. The lowest BCUT2D eigenvalue weighted by molar-refractivity contribution is 0.0511. The van der Waals surface area contributed by atoms with E-state index in [1.54, 1.807) is 26.0 Å². The first kappa shape index (κ1) is 21.3. The van der Waals surface area contributed by atoms with Crippen LogP contribution >= 0.6 is 23.2 Å². The Bertz CT molecular complexity index is 1210. The molecule has 0 atom stereocenters. The van der Waals surface area contributed by atoms with Gasteiger partial charge in [0.15, 0.2) is 0 Å². The molecule has 0 saturated heterocycles. The molecule has 31 heavy (non-hydrogen) atoms. The van der Waals surface area contributed by atoms with Crippen molar-refractivity contribution in [3.8, 4) is 0 Å². The zero-order chi connectivity index (χ0) is 22.1. The molecule has 0 radical (unpaired) electrons. The molecule has 2 N–H and O–H groups in total. The lowest BCUT2D eigenvalue weighted by Gasteiger charge is -2.06. The van der Waals surface area contributed by atoms with E-state index in [2.05, 4.69) is 9.97 Å². The molecule has 0 bridgehead atoms. The number of hydrogen-bond donors (Lipinski definition) is 2. The van der Waals surface area contributed by atoms with Crippen LogP contribution in [0.4, 0.5) is 0 Å². The predicted octanol–water partition coefficient (Wildman–Crippen LogP) is 5.90. The third-order valence-corrected chi connectivity index (χ3v) is 5.48. The van der Waals surface area contributed by atoms with Gasteiger partial charge < -0.3 is 19.4 Å². The normalized spacial score (nSPS) is 11.2. The van der Waals surface area contributed by atoms with Crippen LogP contribution in [0.3, 0.4) is 0 Å². The van der Waals surface area contributed by atoms with Gasteiger partial charge in [0.25, 0.3) is 0 Å². The van der Waals surface area contributed by atoms with Gasteiger partial charge in [-0.3, -0.25) is 0 Å². The van der Waals surface area contributed by atoms with Gasteiger partial charge in [-0.2, -0.15) is 0 Å². The minimum atomic E-state index is -0.418. The molecule has 8 heteroatoms. The van der Waals surface area contributed by atoms with Crippen LogP contribution in [0.15, 0.2) is 36.4 Å². The third-order valence-electron chi connectivity index (χ3n) is 4.88. The monoisotopic (exact) mass is 458 g/mol. The molecule has 0 aliphatic heterocycles. The maximum Gasteiger partial charge on any atom is 0.354 e. The van der Waals surface area contributed by atoms with Crippen molar-refractivity contribution in [1.82, 2.24) is 9.97 Å². The van der Waals surface area contributed by atoms with Gasteiger partial charge in [0.1, 0.15) is 11.4 Å². The molecule has 2 heterocycles. The molecule has 0 spiro atoms. The van der Waals surface area contributed by atoms with Gasteiger partial charge >= 0.3 is 11.9 Å². The Labute approximate surface area is 188 Å². The summed E-state index contributed by atoms with van der Waals surface area (Å²) in [6.45, 7) is 4.11. The van der Waals surface area contributed by atoms with Crippen LogP contribution in [0.1, 0.15) is 46.0 Å². The van der Waals surface area contributed by atoms with E-state index in [9.17, 15) is 9.59 Å². The number of carbonyl (C=O) groups is 2. The summed E-state index contributed by atoms with van der Waals surface area (Å²) in [4.78, 5) is 30.1. The number of carbonyl (C=O) groups excluding carboxylic acids is 2. The van der Waals surface area contributed by atoms with Gasteiger partial charge in [0.2, 0.25) is 0 Å². The zero-order valence-corrected chi connectivity index (χ0v) is 18.5. The van der Waals surface area contributed by atoms with Gasteiger partial charge in [0.05, 0.1) is 34.3 Å². The summed E-state index contributed by atoms with van der Waals surface area (Å²) < 4.78 is 10.1. The standard InChI is InChI=1S/C23H20Cl2N2O4/c1-3-30-22(28)18-10-14-6-12(8-16(24)20(14)26-18)5-13-7-15-11-19(23(29)31-4-2)27-21(15)17(25)9-13/h6-11,26-27H,3-5H2,1-2H3. The first-order chi connectivity index (χ1) is 14.9. The Hall–Kier alpha value is -2.96. The van der Waals surface area contributed by atoms with Crippen LogP contribution in [0.2, 0.25) is 10.0 Å². The van der Waals surface area contributed by atoms with Crippen LogP contribution in [0, 0.1) is 0 Å². The zero-order valence-electron chi connectivity index (χ0n) is 17.0. The van der Waals surface area contributed by atoms with Crippen molar-refractivity contribution in [2.45, 2.75) is 20.3 Å². The Morgan fingerprint density at radius 2 is 1.16 bits per heavy atom. The van der Waals surface area contributed by atoms with E-state index in [-0.39, 0.29) is 0 Å². The van der Waals surface area contributed by atoms with E-state index in [4.69, 9.17) is 32.7 Å². The maximum absolute atomic E-state index is 12.0. The number of nitrogens with one attached hydrogen (secondary N) is 2. The molecule has 0 unspecified atom stereocenters. The van der Waals surface area contributed by atoms with Crippen LogP contribution < -0.4 is 0 Å². The highest BCUT2D eigenvalue weighted by Gasteiger charge is 2.15. The van der Waals surface area contributed by atoms with Crippen LogP contribution in [0.25, 0.3) is 21.8 Å². The highest BCUT2D eigenvalue weighted by molar-refractivity contribution is 6.35. The van der Waals surface area contributed by atoms with E-state index >= 15 is 0 Å². The number of H-pyrrole nitrogens is 2. The fraction of sp³-hybridized carbons (Fsp3) is 0.217. The number of benzene rings is 2. The third kappa shape index (κ3) is 4.27. The van der Waals surface area contributed by atoms with Crippen molar-refractivity contribution in [1.29, 1.82) is 0 Å². The number of hydrogen-bond acceptors (Lipinski definition) is 4. The first-order valence-corrected chi connectivity index (χ1v) is 10.6. The van der Waals surface area contributed by atoms with Gasteiger partial charge in [-0.15, -0.1) is 0 Å². The van der Waals surface area contributed by atoms with Gasteiger partial charge in [0, 0.05) is 10.8 Å². The summed E-state index contributed by atoms with van der Waals surface area (Å²) in [7, 11) is 0. The number of aromatic nitrogens is 2. The number of halogens is 2. The second-order valence-corrected chi connectivity index (χ2v) is 7.88. The summed E-state index contributed by atoms with van der Waals surface area (Å²) in [6.07, 6.45) is 0.575. The molecule has 0 saturated carbocycles. The van der Waals surface area contributed by atoms with Gasteiger partial charge in [-0.25, -0.2) is 9.59 Å². The number of fused-ring (bicyclic) bond motifs is 2. The molecule has 4 aromatic rings. The molecule has 160 valence electrons. The first-order valence-electron chi connectivity index (χ1n) is 9.86.